The maximum atomic E-state index is 3.35. The molecule has 0 aliphatic rings. The van der Waals surface area contributed by atoms with Gasteiger partial charge in [-0.05, 0) is 32.9 Å². The highest BCUT2D eigenvalue weighted by atomic mass is 14.9. The van der Waals surface area contributed by atoms with Gasteiger partial charge in [-0.15, -0.1) is 0 Å². The molecule has 0 aliphatic carbocycles. The topological polar surface area (TPSA) is 12.0 Å². The van der Waals surface area contributed by atoms with Crippen molar-refractivity contribution in [3.8, 4) is 0 Å². The maximum absolute atomic E-state index is 3.35. The lowest BCUT2D eigenvalue weighted by atomic mass is 10.2. The summed E-state index contributed by atoms with van der Waals surface area (Å²) < 4.78 is 0. The fraction of sp³-hybridized carbons (Fsp3) is 0.800. The Bertz CT molecular complexity index is 116. The van der Waals surface area contributed by atoms with Gasteiger partial charge in [-0.25, -0.2) is 0 Å². The van der Waals surface area contributed by atoms with Gasteiger partial charge in [0.15, 0.2) is 0 Å². The van der Waals surface area contributed by atoms with Gasteiger partial charge >= 0.3 is 0 Å². The van der Waals surface area contributed by atoms with Crippen molar-refractivity contribution in [2.24, 2.45) is 0 Å². The summed E-state index contributed by atoms with van der Waals surface area (Å²) in [7, 11) is 0. The molecule has 1 heteroatoms. The Morgan fingerprint density at radius 2 is 2.09 bits per heavy atom. The molecular weight excluding hydrogens is 134 g/mol. The summed E-state index contributed by atoms with van der Waals surface area (Å²) in [5.41, 5.74) is 1.45. The van der Waals surface area contributed by atoms with E-state index in [0.717, 1.165) is 0 Å². The van der Waals surface area contributed by atoms with Crippen molar-refractivity contribution in [1.29, 1.82) is 0 Å². The molecule has 0 aromatic rings. The smallest absolute Gasteiger partial charge is 0.0224 e. The summed E-state index contributed by atoms with van der Waals surface area (Å²) in [6.07, 6.45) is 5.79. The van der Waals surface area contributed by atoms with Gasteiger partial charge in [0.2, 0.25) is 0 Å². The number of hydrogen-bond acceptors (Lipinski definition) is 1. The summed E-state index contributed by atoms with van der Waals surface area (Å²) in [6, 6.07) is 0.613. The highest BCUT2D eigenvalue weighted by Gasteiger charge is 1.92. The lowest BCUT2D eigenvalue weighted by Gasteiger charge is -2.09. The third-order valence-corrected chi connectivity index (χ3v) is 1.87. The predicted molar refractivity (Wildman–Crippen MR) is 51.6 cm³/mol. The molecule has 0 amide bonds. The molecule has 0 spiro atoms. The van der Waals surface area contributed by atoms with Crippen LogP contribution in [0.4, 0.5) is 0 Å². The van der Waals surface area contributed by atoms with E-state index in [1.165, 1.54) is 24.8 Å². The van der Waals surface area contributed by atoms with Crippen LogP contribution < -0.4 is 5.32 Å². The fourth-order valence-electron chi connectivity index (χ4n) is 0.869. The van der Waals surface area contributed by atoms with Crippen molar-refractivity contribution < 1.29 is 0 Å². The van der Waals surface area contributed by atoms with E-state index < -0.39 is 0 Å². The minimum absolute atomic E-state index is 0.613. The first-order valence-electron chi connectivity index (χ1n) is 4.62. The quantitative estimate of drug-likeness (QED) is 0.643. The molecule has 0 aromatic heterocycles. The molecule has 0 radical (unpaired) electrons. The van der Waals surface area contributed by atoms with E-state index in [0.29, 0.717) is 6.04 Å². The van der Waals surface area contributed by atoms with Crippen LogP contribution >= 0.6 is 0 Å². The zero-order valence-corrected chi connectivity index (χ0v) is 8.28. The summed E-state index contributed by atoms with van der Waals surface area (Å²) in [4.78, 5) is 0. The normalized spacial score (nSPS) is 14.7. The van der Waals surface area contributed by atoms with Crippen LogP contribution in [-0.2, 0) is 0 Å². The molecule has 1 unspecified atom stereocenters. The molecule has 11 heavy (non-hydrogen) atoms. The van der Waals surface area contributed by atoms with E-state index in [9.17, 15) is 0 Å². The van der Waals surface area contributed by atoms with Gasteiger partial charge in [0.1, 0.15) is 0 Å². The average molecular weight is 155 g/mol. The predicted octanol–water partition coefficient (Wildman–Crippen LogP) is 3.08. The Morgan fingerprint density at radius 1 is 1.45 bits per heavy atom. The van der Waals surface area contributed by atoms with Crippen LogP contribution in [0.2, 0.25) is 0 Å². The first-order chi connectivity index (χ1) is 5.20. The summed E-state index contributed by atoms with van der Waals surface area (Å²) in [5.74, 6) is 0. The standard InChI is InChI=1S/C10H21N/c1-5-7-9(3)8-11-10(4)6-2/h8,10-11H,5-7H2,1-4H3/b9-8+. The molecule has 0 bridgehead atoms. The molecule has 0 aromatic carbocycles. The molecule has 66 valence electrons. The van der Waals surface area contributed by atoms with Crippen LogP contribution in [0.5, 0.6) is 0 Å². The Kier molecular flexibility index (Phi) is 6.00. The lowest BCUT2D eigenvalue weighted by Crippen LogP contribution is -2.19. The molecule has 0 heterocycles. The second kappa shape index (κ2) is 6.26. The van der Waals surface area contributed by atoms with Gasteiger partial charge in [0.05, 0.1) is 0 Å². The van der Waals surface area contributed by atoms with E-state index in [-0.39, 0.29) is 0 Å². The first kappa shape index (κ1) is 10.5. The molecular formula is C10H21N. The Morgan fingerprint density at radius 3 is 2.55 bits per heavy atom. The molecule has 0 rings (SSSR count). The molecule has 0 saturated heterocycles. The third kappa shape index (κ3) is 5.96. The number of rotatable bonds is 5. The van der Waals surface area contributed by atoms with Gasteiger partial charge < -0.3 is 5.32 Å². The van der Waals surface area contributed by atoms with Crippen molar-refractivity contribution in [2.75, 3.05) is 0 Å². The number of nitrogens with one attached hydrogen (secondary N) is 1. The summed E-state index contributed by atoms with van der Waals surface area (Å²) in [6.45, 7) is 8.79. The van der Waals surface area contributed by atoms with Crippen molar-refractivity contribution in [3.05, 3.63) is 11.8 Å². The van der Waals surface area contributed by atoms with Gasteiger partial charge in [-0.1, -0.05) is 25.8 Å². The largest absolute Gasteiger partial charge is 0.388 e. The maximum Gasteiger partial charge on any atom is 0.0224 e. The van der Waals surface area contributed by atoms with E-state index in [4.69, 9.17) is 0 Å². The summed E-state index contributed by atoms with van der Waals surface area (Å²) >= 11 is 0. The molecule has 1 atom stereocenters. The zero-order chi connectivity index (χ0) is 8.69. The van der Waals surface area contributed by atoms with Crippen LogP contribution in [-0.4, -0.2) is 6.04 Å². The second-order valence-electron chi connectivity index (χ2n) is 3.22. The molecule has 0 aliphatic heterocycles. The van der Waals surface area contributed by atoms with E-state index in [1.807, 2.05) is 0 Å². The molecule has 0 fully saturated rings. The summed E-state index contributed by atoms with van der Waals surface area (Å²) in [5, 5.41) is 3.35. The monoisotopic (exact) mass is 155 g/mol. The van der Waals surface area contributed by atoms with Crippen LogP contribution in [0.1, 0.15) is 47.0 Å². The SMILES string of the molecule is CCC/C(C)=C/NC(C)CC. The molecule has 0 saturated carbocycles. The highest BCUT2D eigenvalue weighted by molar-refractivity contribution is 4.96. The van der Waals surface area contributed by atoms with E-state index in [1.54, 1.807) is 0 Å². The Hall–Kier alpha value is -0.460. The third-order valence-electron chi connectivity index (χ3n) is 1.87. The first-order valence-corrected chi connectivity index (χ1v) is 4.62. The van der Waals surface area contributed by atoms with Crippen LogP contribution in [0, 0.1) is 0 Å². The van der Waals surface area contributed by atoms with E-state index in [2.05, 4.69) is 39.2 Å². The van der Waals surface area contributed by atoms with Gasteiger partial charge in [0, 0.05) is 6.04 Å². The Balaban J connectivity index is 3.54. The van der Waals surface area contributed by atoms with Crippen LogP contribution in [0.25, 0.3) is 0 Å². The fourth-order valence-corrected chi connectivity index (χ4v) is 0.869. The van der Waals surface area contributed by atoms with Gasteiger partial charge in [0.25, 0.3) is 0 Å². The lowest BCUT2D eigenvalue weighted by molar-refractivity contribution is 0.614. The van der Waals surface area contributed by atoms with Crippen molar-refractivity contribution in [1.82, 2.24) is 5.32 Å². The molecule has 1 N–H and O–H groups in total. The van der Waals surface area contributed by atoms with E-state index >= 15 is 0 Å². The zero-order valence-electron chi connectivity index (χ0n) is 8.28. The highest BCUT2D eigenvalue weighted by Crippen LogP contribution is 2.01. The number of allylic oxidation sites excluding steroid dienone is 1. The van der Waals surface area contributed by atoms with Crippen molar-refractivity contribution in [2.45, 2.75) is 53.0 Å². The Labute approximate surface area is 70.9 Å². The second-order valence-corrected chi connectivity index (χ2v) is 3.22. The minimum Gasteiger partial charge on any atom is -0.388 e. The molecule has 1 nitrogen and oxygen atoms in total. The minimum atomic E-state index is 0.613. The van der Waals surface area contributed by atoms with Crippen LogP contribution in [0.3, 0.4) is 0 Å². The number of hydrogen-bond donors (Lipinski definition) is 1. The van der Waals surface area contributed by atoms with Gasteiger partial charge in [-0.2, -0.15) is 0 Å². The van der Waals surface area contributed by atoms with Crippen molar-refractivity contribution in [3.63, 3.8) is 0 Å². The average Bonchev–Trinajstić information content (AvgIpc) is 2.01. The van der Waals surface area contributed by atoms with Crippen LogP contribution in [0.15, 0.2) is 11.8 Å². The van der Waals surface area contributed by atoms with Gasteiger partial charge in [-0.3, -0.25) is 0 Å². The van der Waals surface area contributed by atoms with Crippen molar-refractivity contribution >= 4 is 0 Å².